The van der Waals surface area contributed by atoms with Crippen LogP contribution in [0.4, 0.5) is 0 Å². The van der Waals surface area contributed by atoms with E-state index in [2.05, 4.69) is 43.9 Å². The minimum absolute atomic E-state index is 0.316. The van der Waals surface area contributed by atoms with Gasteiger partial charge in [-0.3, -0.25) is 4.90 Å². The van der Waals surface area contributed by atoms with Crippen LogP contribution in [-0.4, -0.2) is 45.8 Å². The second-order valence-electron chi connectivity index (χ2n) is 7.78. The molecular weight excluding hydrogens is 408 g/mol. The molecule has 0 aliphatic carbocycles. The molecule has 0 N–H and O–H groups in total. The number of piperidine rings is 1. The average Bonchev–Trinajstić information content (AvgIpc) is 3.19. The molecule has 0 amide bonds. The Labute approximate surface area is 187 Å². The van der Waals surface area contributed by atoms with E-state index in [1.165, 1.54) is 31.9 Å². The topological polar surface area (TPSA) is 60.2 Å². The van der Waals surface area contributed by atoms with Gasteiger partial charge in [0.05, 0.1) is 25.8 Å². The number of ether oxygens (including phenoxy) is 1. The van der Waals surface area contributed by atoms with E-state index in [1.54, 1.807) is 23.9 Å². The maximum absolute atomic E-state index is 11.6. The monoisotopic (exact) mass is 436 g/mol. The van der Waals surface area contributed by atoms with E-state index in [-0.39, 0.29) is 5.97 Å². The average molecular weight is 437 g/mol. The number of hydrogen-bond acceptors (Lipinski definition) is 6. The lowest BCUT2D eigenvalue weighted by Gasteiger charge is -2.26. The quantitative estimate of drug-likeness (QED) is 0.386. The fourth-order valence-electron chi connectivity index (χ4n) is 3.79. The van der Waals surface area contributed by atoms with Crippen molar-refractivity contribution in [2.45, 2.75) is 43.3 Å². The van der Waals surface area contributed by atoms with Crippen LogP contribution >= 0.6 is 11.8 Å². The number of methoxy groups -OCH3 is 1. The number of carbonyl (C=O) groups excluding carboxylic acids is 1. The zero-order valence-electron chi connectivity index (χ0n) is 17.9. The first-order valence-electron chi connectivity index (χ1n) is 10.7. The molecule has 1 fully saturated rings. The number of hydrogen-bond donors (Lipinski definition) is 0. The van der Waals surface area contributed by atoms with Crippen molar-refractivity contribution in [3.63, 3.8) is 0 Å². The van der Waals surface area contributed by atoms with E-state index < -0.39 is 0 Å². The first-order valence-corrected chi connectivity index (χ1v) is 11.7. The summed E-state index contributed by atoms with van der Waals surface area (Å²) in [5.41, 5.74) is 2.93. The number of esters is 1. The standard InChI is InChI=1S/C24H28N4O2S/c1-30-23(29)21-12-10-20(11-13-21)18-31-24-26-25-22(17-27-14-6-3-7-15-27)28(24)16-19-8-4-2-5-9-19/h2,4-5,8-13H,3,6-7,14-18H2,1H3. The van der Waals surface area contributed by atoms with Gasteiger partial charge in [-0.15, -0.1) is 10.2 Å². The molecule has 1 aromatic heterocycles. The highest BCUT2D eigenvalue weighted by Crippen LogP contribution is 2.24. The van der Waals surface area contributed by atoms with Gasteiger partial charge in [-0.05, 0) is 49.2 Å². The van der Waals surface area contributed by atoms with E-state index in [0.29, 0.717) is 5.56 Å². The zero-order chi connectivity index (χ0) is 21.5. The molecule has 0 radical (unpaired) electrons. The number of carbonyl (C=O) groups is 1. The minimum Gasteiger partial charge on any atom is -0.465 e. The number of rotatable bonds is 8. The summed E-state index contributed by atoms with van der Waals surface area (Å²) in [6.07, 6.45) is 3.84. The molecule has 0 unspecified atom stereocenters. The maximum Gasteiger partial charge on any atom is 0.337 e. The summed E-state index contributed by atoms with van der Waals surface area (Å²) in [6, 6.07) is 18.0. The number of likely N-dealkylation sites (tertiary alicyclic amines) is 1. The normalized spacial score (nSPS) is 14.5. The molecule has 6 nitrogen and oxygen atoms in total. The van der Waals surface area contributed by atoms with Gasteiger partial charge in [0, 0.05) is 5.75 Å². The van der Waals surface area contributed by atoms with Gasteiger partial charge in [-0.1, -0.05) is 60.6 Å². The van der Waals surface area contributed by atoms with E-state index in [1.807, 2.05) is 18.2 Å². The Morgan fingerprint density at radius 2 is 1.68 bits per heavy atom. The summed E-state index contributed by atoms with van der Waals surface area (Å²) in [5, 5.41) is 10.0. The van der Waals surface area contributed by atoms with Gasteiger partial charge in [0.1, 0.15) is 5.82 Å². The van der Waals surface area contributed by atoms with E-state index >= 15 is 0 Å². The van der Waals surface area contributed by atoms with Crippen molar-refractivity contribution in [1.29, 1.82) is 0 Å². The Morgan fingerprint density at radius 1 is 0.935 bits per heavy atom. The second-order valence-corrected chi connectivity index (χ2v) is 8.73. The van der Waals surface area contributed by atoms with E-state index in [9.17, 15) is 4.79 Å². The lowest BCUT2D eigenvalue weighted by atomic mass is 10.1. The van der Waals surface area contributed by atoms with Crippen LogP contribution in [0.1, 0.15) is 46.6 Å². The Bertz CT molecular complexity index is 983. The molecule has 0 bridgehead atoms. The molecule has 4 rings (SSSR count). The lowest BCUT2D eigenvalue weighted by Crippen LogP contribution is -2.30. The second kappa shape index (κ2) is 10.6. The predicted octanol–water partition coefficient (Wildman–Crippen LogP) is 4.39. The maximum atomic E-state index is 11.6. The lowest BCUT2D eigenvalue weighted by molar-refractivity contribution is 0.0600. The van der Waals surface area contributed by atoms with E-state index in [4.69, 9.17) is 4.74 Å². The molecule has 0 spiro atoms. The van der Waals surface area contributed by atoms with Gasteiger partial charge >= 0.3 is 5.97 Å². The predicted molar refractivity (Wildman–Crippen MR) is 122 cm³/mol. The fourth-order valence-corrected chi connectivity index (χ4v) is 4.70. The van der Waals surface area contributed by atoms with Crippen LogP contribution in [0.15, 0.2) is 59.8 Å². The summed E-state index contributed by atoms with van der Waals surface area (Å²) in [7, 11) is 1.40. The highest BCUT2D eigenvalue weighted by molar-refractivity contribution is 7.98. The third-order valence-electron chi connectivity index (χ3n) is 5.53. The van der Waals surface area contributed by atoms with Crippen LogP contribution < -0.4 is 0 Å². The number of nitrogens with zero attached hydrogens (tertiary/aromatic N) is 4. The molecule has 3 aromatic rings. The number of aromatic nitrogens is 3. The highest BCUT2D eigenvalue weighted by Gasteiger charge is 2.18. The van der Waals surface area contributed by atoms with Crippen LogP contribution in [-0.2, 0) is 23.6 Å². The summed E-state index contributed by atoms with van der Waals surface area (Å²) >= 11 is 1.68. The van der Waals surface area contributed by atoms with Crippen molar-refractivity contribution in [1.82, 2.24) is 19.7 Å². The van der Waals surface area contributed by atoms with Crippen LogP contribution in [0, 0.1) is 0 Å². The molecule has 1 saturated heterocycles. The van der Waals surface area contributed by atoms with Gasteiger partial charge in [-0.2, -0.15) is 0 Å². The largest absolute Gasteiger partial charge is 0.465 e. The van der Waals surface area contributed by atoms with Gasteiger partial charge in [-0.25, -0.2) is 4.79 Å². The smallest absolute Gasteiger partial charge is 0.337 e. The van der Waals surface area contributed by atoms with E-state index in [0.717, 1.165) is 48.5 Å². The fraction of sp³-hybridized carbons (Fsp3) is 0.375. The molecule has 0 atom stereocenters. The van der Waals surface area contributed by atoms with Crippen molar-refractivity contribution in [3.05, 3.63) is 77.1 Å². The molecule has 162 valence electrons. The number of benzene rings is 2. The molecule has 31 heavy (non-hydrogen) atoms. The Hall–Kier alpha value is -2.64. The molecule has 1 aliphatic rings. The molecule has 2 aromatic carbocycles. The Kier molecular flexibility index (Phi) is 7.38. The van der Waals surface area contributed by atoms with Crippen molar-refractivity contribution in [2.24, 2.45) is 0 Å². The summed E-state index contributed by atoms with van der Waals surface area (Å²) in [5.74, 6) is 1.47. The first-order chi connectivity index (χ1) is 15.2. The van der Waals surface area contributed by atoms with Crippen molar-refractivity contribution >= 4 is 17.7 Å². The van der Waals surface area contributed by atoms with Crippen LogP contribution in [0.25, 0.3) is 0 Å². The van der Waals surface area contributed by atoms with Crippen molar-refractivity contribution in [2.75, 3.05) is 20.2 Å². The van der Waals surface area contributed by atoms with Crippen LogP contribution in [0.2, 0.25) is 0 Å². The molecule has 0 saturated carbocycles. The highest BCUT2D eigenvalue weighted by atomic mass is 32.2. The zero-order valence-corrected chi connectivity index (χ0v) is 18.7. The van der Waals surface area contributed by atoms with Crippen LogP contribution in [0.5, 0.6) is 0 Å². The minimum atomic E-state index is -0.316. The first kappa shape index (κ1) is 21.6. The third kappa shape index (κ3) is 5.74. The van der Waals surface area contributed by atoms with Gasteiger partial charge in [0.15, 0.2) is 5.16 Å². The van der Waals surface area contributed by atoms with Gasteiger partial charge in [0.25, 0.3) is 0 Å². The summed E-state index contributed by atoms with van der Waals surface area (Å²) in [4.78, 5) is 14.1. The van der Waals surface area contributed by atoms with Crippen molar-refractivity contribution in [3.8, 4) is 0 Å². The van der Waals surface area contributed by atoms with Crippen molar-refractivity contribution < 1.29 is 9.53 Å². The summed E-state index contributed by atoms with van der Waals surface area (Å²) in [6.45, 7) is 3.87. The molecule has 7 heteroatoms. The van der Waals surface area contributed by atoms with Gasteiger partial charge < -0.3 is 9.30 Å². The molecule has 2 heterocycles. The Morgan fingerprint density at radius 3 is 2.39 bits per heavy atom. The summed E-state index contributed by atoms with van der Waals surface area (Å²) < 4.78 is 7.02. The van der Waals surface area contributed by atoms with Crippen LogP contribution in [0.3, 0.4) is 0 Å². The number of thioether (sulfide) groups is 1. The Balaban J connectivity index is 1.49. The molecule has 1 aliphatic heterocycles. The van der Waals surface area contributed by atoms with Gasteiger partial charge in [0.2, 0.25) is 0 Å². The molecular formula is C24H28N4O2S. The third-order valence-corrected chi connectivity index (χ3v) is 6.57. The SMILES string of the molecule is COC(=O)c1ccc(CSc2nnc(CN3CCCCC3)n2Cc2ccccc2)cc1.